The van der Waals surface area contributed by atoms with Crippen molar-refractivity contribution in [2.24, 2.45) is 0 Å². The van der Waals surface area contributed by atoms with Crippen LogP contribution in [0.25, 0.3) is 11.1 Å². The summed E-state index contributed by atoms with van der Waals surface area (Å²) in [6.07, 6.45) is 0. The molecule has 2 N–H and O–H groups in total. The standard InChI is InChI=1S/C30H18O4/c31-29(32)25-17-15-23(13-11-21-7-3-1-4-8-21)27(19-25)28-20-26(30(33)34)18-16-24(28)14-12-22-9-5-2-6-10-22/h1-10,15-20H,(H,31,32)(H,33,34). The lowest BCUT2D eigenvalue weighted by molar-refractivity contribution is 0.0686. The van der Waals surface area contributed by atoms with E-state index in [1.54, 1.807) is 12.1 Å². The first-order chi connectivity index (χ1) is 16.5. The fourth-order valence-electron chi connectivity index (χ4n) is 3.34. The topological polar surface area (TPSA) is 74.6 Å². The van der Waals surface area contributed by atoms with Gasteiger partial charge >= 0.3 is 11.9 Å². The van der Waals surface area contributed by atoms with Gasteiger partial charge in [-0.2, -0.15) is 0 Å². The average Bonchev–Trinajstić information content (AvgIpc) is 2.87. The average molecular weight is 442 g/mol. The number of benzene rings is 4. The van der Waals surface area contributed by atoms with Gasteiger partial charge in [-0.3, -0.25) is 0 Å². The van der Waals surface area contributed by atoms with Gasteiger partial charge in [0.1, 0.15) is 0 Å². The number of carboxylic acid groups (broad SMARTS) is 2. The monoisotopic (exact) mass is 442 g/mol. The van der Waals surface area contributed by atoms with Gasteiger partial charge in [-0.15, -0.1) is 0 Å². The lowest BCUT2D eigenvalue weighted by Crippen LogP contribution is -2.01. The molecule has 0 aliphatic rings. The highest BCUT2D eigenvalue weighted by atomic mass is 16.4. The van der Waals surface area contributed by atoms with Crippen LogP contribution in [0.4, 0.5) is 0 Å². The third-order valence-electron chi connectivity index (χ3n) is 5.05. The van der Waals surface area contributed by atoms with E-state index in [4.69, 9.17) is 0 Å². The largest absolute Gasteiger partial charge is 0.478 e. The zero-order valence-corrected chi connectivity index (χ0v) is 17.9. The van der Waals surface area contributed by atoms with Gasteiger partial charge in [0, 0.05) is 22.3 Å². The van der Waals surface area contributed by atoms with Crippen LogP contribution >= 0.6 is 0 Å². The number of carboxylic acids is 2. The van der Waals surface area contributed by atoms with Crippen LogP contribution in [-0.4, -0.2) is 22.2 Å². The number of hydrogen-bond acceptors (Lipinski definition) is 2. The summed E-state index contributed by atoms with van der Waals surface area (Å²) in [5, 5.41) is 19.1. The van der Waals surface area contributed by atoms with Gasteiger partial charge in [-0.05, 0) is 71.8 Å². The molecule has 0 saturated carbocycles. The molecule has 162 valence electrons. The smallest absolute Gasteiger partial charge is 0.335 e. The maximum absolute atomic E-state index is 11.7. The molecule has 4 aromatic rings. The molecule has 0 saturated heterocycles. The molecule has 0 atom stereocenters. The summed E-state index contributed by atoms with van der Waals surface area (Å²) in [4.78, 5) is 23.4. The number of aromatic carboxylic acids is 2. The molecule has 4 aromatic carbocycles. The summed E-state index contributed by atoms with van der Waals surface area (Å²) in [5.41, 5.74) is 3.90. The molecular weight excluding hydrogens is 424 g/mol. The Kier molecular flexibility index (Phi) is 6.54. The van der Waals surface area contributed by atoms with E-state index < -0.39 is 11.9 Å². The Hall–Kier alpha value is -5.06. The van der Waals surface area contributed by atoms with Crippen LogP contribution in [0.3, 0.4) is 0 Å². The van der Waals surface area contributed by atoms with Gasteiger partial charge in [0.15, 0.2) is 0 Å². The fraction of sp³-hybridized carbons (Fsp3) is 0. The van der Waals surface area contributed by atoms with Crippen molar-refractivity contribution in [3.05, 3.63) is 130 Å². The summed E-state index contributed by atoms with van der Waals surface area (Å²) in [6, 6.07) is 28.1. The molecule has 0 spiro atoms. The Balaban J connectivity index is 1.92. The molecule has 0 radical (unpaired) electrons. The summed E-state index contributed by atoms with van der Waals surface area (Å²) < 4.78 is 0. The Morgan fingerprint density at radius 1 is 0.500 bits per heavy atom. The second-order valence-corrected chi connectivity index (χ2v) is 7.36. The number of rotatable bonds is 3. The predicted octanol–water partition coefficient (Wildman–Crippen LogP) is 5.55. The highest BCUT2D eigenvalue weighted by molar-refractivity contribution is 5.94. The Labute approximate surface area is 197 Å². The van der Waals surface area contributed by atoms with Crippen LogP contribution in [-0.2, 0) is 0 Å². The second kappa shape index (κ2) is 10.0. The molecule has 0 unspecified atom stereocenters. The van der Waals surface area contributed by atoms with Crippen molar-refractivity contribution in [1.82, 2.24) is 0 Å². The summed E-state index contributed by atoms with van der Waals surface area (Å²) in [7, 11) is 0. The minimum Gasteiger partial charge on any atom is -0.478 e. The van der Waals surface area contributed by atoms with E-state index in [1.807, 2.05) is 60.7 Å². The van der Waals surface area contributed by atoms with Crippen LogP contribution in [0.5, 0.6) is 0 Å². The van der Waals surface area contributed by atoms with E-state index >= 15 is 0 Å². The maximum Gasteiger partial charge on any atom is 0.335 e. The fourth-order valence-corrected chi connectivity index (χ4v) is 3.34. The van der Waals surface area contributed by atoms with Crippen LogP contribution < -0.4 is 0 Å². The predicted molar refractivity (Wildman–Crippen MR) is 131 cm³/mol. The molecule has 0 aromatic heterocycles. The molecule has 0 aliphatic heterocycles. The minimum absolute atomic E-state index is 0.0722. The Morgan fingerprint density at radius 2 is 0.882 bits per heavy atom. The van der Waals surface area contributed by atoms with E-state index in [-0.39, 0.29) is 11.1 Å². The van der Waals surface area contributed by atoms with Crippen molar-refractivity contribution in [2.45, 2.75) is 0 Å². The first kappa shape index (κ1) is 22.1. The number of carbonyl (C=O) groups is 2. The highest BCUT2D eigenvalue weighted by Gasteiger charge is 2.15. The van der Waals surface area contributed by atoms with Gasteiger partial charge in [0.2, 0.25) is 0 Å². The molecule has 0 aliphatic carbocycles. The van der Waals surface area contributed by atoms with Gasteiger partial charge < -0.3 is 10.2 Å². The maximum atomic E-state index is 11.7. The van der Waals surface area contributed by atoms with E-state index in [0.29, 0.717) is 22.3 Å². The quantitative estimate of drug-likeness (QED) is 0.408. The van der Waals surface area contributed by atoms with Crippen molar-refractivity contribution >= 4 is 11.9 Å². The van der Waals surface area contributed by atoms with Gasteiger partial charge in [0.05, 0.1) is 11.1 Å². The molecule has 34 heavy (non-hydrogen) atoms. The molecule has 0 bridgehead atoms. The van der Waals surface area contributed by atoms with Gasteiger partial charge in [-0.1, -0.05) is 60.1 Å². The first-order valence-corrected chi connectivity index (χ1v) is 10.4. The molecule has 0 amide bonds. The van der Waals surface area contributed by atoms with Crippen molar-refractivity contribution in [1.29, 1.82) is 0 Å². The Morgan fingerprint density at radius 3 is 1.24 bits per heavy atom. The van der Waals surface area contributed by atoms with Crippen LogP contribution in [0.2, 0.25) is 0 Å². The minimum atomic E-state index is -1.09. The molecule has 4 heteroatoms. The van der Waals surface area contributed by atoms with E-state index in [2.05, 4.69) is 23.7 Å². The van der Waals surface area contributed by atoms with Crippen LogP contribution in [0.15, 0.2) is 97.1 Å². The van der Waals surface area contributed by atoms with Crippen LogP contribution in [0, 0.1) is 23.7 Å². The van der Waals surface area contributed by atoms with E-state index in [1.165, 1.54) is 24.3 Å². The molecule has 4 rings (SSSR count). The van der Waals surface area contributed by atoms with Gasteiger partial charge in [-0.25, -0.2) is 9.59 Å². The van der Waals surface area contributed by atoms with Crippen LogP contribution in [0.1, 0.15) is 43.0 Å². The van der Waals surface area contributed by atoms with E-state index in [9.17, 15) is 19.8 Å². The molecular formula is C30H18O4. The van der Waals surface area contributed by atoms with Crippen molar-refractivity contribution in [3.63, 3.8) is 0 Å². The van der Waals surface area contributed by atoms with Crippen molar-refractivity contribution in [3.8, 4) is 34.8 Å². The second-order valence-electron chi connectivity index (χ2n) is 7.36. The zero-order chi connectivity index (χ0) is 23.9. The molecule has 0 fully saturated rings. The zero-order valence-electron chi connectivity index (χ0n) is 17.9. The van der Waals surface area contributed by atoms with E-state index in [0.717, 1.165) is 11.1 Å². The summed E-state index contributed by atoms with van der Waals surface area (Å²) in [6.45, 7) is 0. The molecule has 0 heterocycles. The summed E-state index contributed by atoms with van der Waals surface area (Å²) in [5.74, 6) is 10.2. The molecule has 4 nitrogen and oxygen atoms in total. The van der Waals surface area contributed by atoms with Gasteiger partial charge in [0.25, 0.3) is 0 Å². The number of hydrogen-bond donors (Lipinski definition) is 2. The Bertz CT molecular complexity index is 1380. The lowest BCUT2D eigenvalue weighted by Gasteiger charge is -2.11. The third kappa shape index (κ3) is 5.22. The van der Waals surface area contributed by atoms with Crippen molar-refractivity contribution in [2.75, 3.05) is 0 Å². The highest BCUT2D eigenvalue weighted by Crippen LogP contribution is 2.29. The lowest BCUT2D eigenvalue weighted by atomic mass is 9.92. The van der Waals surface area contributed by atoms with Crippen molar-refractivity contribution < 1.29 is 19.8 Å². The normalized spacial score (nSPS) is 9.76. The first-order valence-electron chi connectivity index (χ1n) is 10.4. The SMILES string of the molecule is O=C(O)c1ccc(C#Cc2ccccc2)c(-c2cc(C(=O)O)ccc2C#Cc2ccccc2)c1. The third-order valence-corrected chi connectivity index (χ3v) is 5.05. The summed E-state index contributed by atoms with van der Waals surface area (Å²) >= 11 is 0.